The summed E-state index contributed by atoms with van der Waals surface area (Å²) < 4.78 is 44.6. The molecular weight excluding hydrogens is 473 g/mol. The maximum atomic E-state index is 13.5. The number of fused-ring (bicyclic) bond motifs is 1. The Hall–Kier alpha value is -3.69. The molecule has 0 radical (unpaired) electrons. The molecule has 0 bridgehead atoms. The van der Waals surface area contributed by atoms with Crippen molar-refractivity contribution in [3.05, 3.63) is 71.1 Å². The average Bonchev–Trinajstić information content (AvgIpc) is 3.34. The quantitative estimate of drug-likeness (QED) is 0.458. The topological polar surface area (TPSA) is 79.5 Å². The zero-order valence-corrected chi connectivity index (χ0v) is 19.7. The molecule has 188 valence electrons. The number of benzene rings is 2. The number of carbonyl (C=O) groups excluding carboxylic acids is 2. The van der Waals surface area contributed by atoms with Crippen LogP contribution in [0, 0.1) is 12.8 Å². The lowest BCUT2D eigenvalue weighted by Gasteiger charge is -2.46. The van der Waals surface area contributed by atoms with Crippen LogP contribution in [0.3, 0.4) is 0 Å². The first-order valence-electron chi connectivity index (χ1n) is 11.9. The average molecular weight is 499 g/mol. The number of nitrogens with zero attached hydrogens (tertiary/aromatic N) is 4. The summed E-state index contributed by atoms with van der Waals surface area (Å²) in [6, 6.07) is 11.6. The Morgan fingerprint density at radius 3 is 2.53 bits per heavy atom. The number of amides is 3. The standard InChI is InChI=1S/C26H25F3N4O3/c1-16-9-11-17(12-10-16)14-33-24(34)20-7-2-3-8-21(20)32(25(33)35)15-22-30-23(31-36-22)18-5-4-6-19(13-18)26(27,28)29/h4-6,9-13,20-21H,2-3,7-8,14-15H2,1H3. The number of imide groups is 1. The Labute approximate surface area is 205 Å². The van der Waals surface area contributed by atoms with Gasteiger partial charge in [0.05, 0.1) is 18.0 Å². The predicted molar refractivity (Wildman–Crippen MR) is 123 cm³/mol. The third kappa shape index (κ3) is 4.72. The van der Waals surface area contributed by atoms with Gasteiger partial charge in [0, 0.05) is 11.6 Å². The minimum atomic E-state index is -4.49. The molecule has 2 heterocycles. The zero-order valence-electron chi connectivity index (χ0n) is 19.7. The van der Waals surface area contributed by atoms with Crippen LogP contribution in [0.15, 0.2) is 53.1 Å². The van der Waals surface area contributed by atoms with Gasteiger partial charge in [-0.25, -0.2) is 4.79 Å². The number of aryl methyl sites for hydroxylation is 1. The molecule has 2 fully saturated rings. The van der Waals surface area contributed by atoms with Crippen LogP contribution >= 0.6 is 0 Å². The first-order valence-corrected chi connectivity index (χ1v) is 11.9. The van der Waals surface area contributed by atoms with Gasteiger partial charge in [0.2, 0.25) is 17.6 Å². The Kier molecular flexibility index (Phi) is 6.27. The van der Waals surface area contributed by atoms with E-state index in [1.54, 1.807) is 4.90 Å². The van der Waals surface area contributed by atoms with E-state index in [-0.39, 0.29) is 48.2 Å². The number of carbonyl (C=O) groups is 2. The highest BCUT2D eigenvalue weighted by molar-refractivity contribution is 5.98. The van der Waals surface area contributed by atoms with E-state index in [1.807, 2.05) is 31.2 Å². The summed E-state index contributed by atoms with van der Waals surface area (Å²) in [4.78, 5) is 33.9. The number of urea groups is 1. The summed E-state index contributed by atoms with van der Waals surface area (Å²) in [7, 11) is 0. The molecule has 0 N–H and O–H groups in total. The van der Waals surface area contributed by atoms with Crippen molar-refractivity contribution in [2.45, 2.75) is 57.9 Å². The second-order valence-corrected chi connectivity index (χ2v) is 9.37. The number of alkyl halides is 3. The highest BCUT2D eigenvalue weighted by Gasteiger charge is 2.47. The summed E-state index contributed by atoms with van der Waals surface area (Å²) in [6.45, 7) is 2.11. The maximum absolute atomic E-state index is 13.5. The molecule has 2 atom stereocenters. The molecule has 1 aliphatic heterocycles. The summed E-state index contributed by atoms with van der Waals surface area (Å²) in [5.74, 6) is -0.373. The smallest absolute Gasteiger partial charge is 0.337 e. The van der Waals surface area contributed by atoms with Crippen LogP contribution in [0.4, 0.5) is 18.0 Å². The Bertz CT molecular complexity index is 1270. The molecule has 5 rings (SSSR count). The predicted octanol–water partition coefficient (Wildman–Crippen LogP) is 5.59. The lowest BCUT2D eigenvalue weighted by molar-refractivity contribution is -0.141. The number of hydrogen-bond donors (Lipinski definition) is 0. The molecule has 3 amide bonds. The van der Waals surface area contributed by atoms with E-state index in [4.69, 9.17) is 4.52 Å². The molecule has 36 heavy (non-hydrogen) atoms. The zero-order chi connectivity index (χ0) is 25.4. The molecule has 1 saturated heterocycles. The summed E-state index contributed by atoms with van der Waals surface area (Å²) in [5.41, 5.74) is 1.28. The van der Waals surface area contributed by atoms with Crippen molar-refractivity contribution in [1.29, 1.82) is 0 Å². The van der Waals surface area contributed by atoms with Gasteiger partial charge in [-0.1, -0.05) is 60.0 Å². The fourth-order valence-electron chi connectivity index (χ4n) is 4.99. The van der Waals surface area contributed by atoms with Crippen LogP contribution in [0.5, 0.6) is 0 Å². The fourth-order valence-corrected chi connectivity index (χ4v) is 4.99. The van der Waals surface area contributed by atoms with Crippen molar-refractivity contribution in [1.82, 2.24) is 19.9 Å². The van der Waals surface area contributed by atoms with Gasteiger partial charge in [-0.05, 0) is 37.5 Å². The molecule has 1 aromatic heterocycles. The monoisotopic (exact) mass is 498 g/mol. The van der Waals surface area contributed by atoms with E-state index in [0.29, 0.717) is 12.8 Å². The van der Waals surface area contributed by atoms with Crippen molar-refractivity contribution in [2.75, 3.05) is 0 Å². The Morgan fingerprint density at radius 1 is 1.03 bits per heavy atom. The summed E-state index contributed by atoms with van der Waals surface area (Å²) >= 11 is 0. The van der Waals surface area contributed by atoms with E-state index < -0.39 is 17.8 Å². The normalized spacial score (nSPS) is 20.6. The number of hydrogen-bond acceptors (Lipinski definition) is 5. The minimum Gasteiger partial charge on any atom is -0.337 e. The van der Waals surface area contributed by atoms with Crippen LogP contribution < -0.4 is 0 Å². The van der Waals surface area contributed by atoms with Crippen molar-refractivity contribution >= 4 is 11.9 Å². The lowest BCUT2D eigenvalue weighted by Crippen LogP contribution is -2.61. The second-order valence-electron chi connectivity index (χ2n) is 9.37. The number of aromatic nitrogens is 2. The van der Waals surface area contributed by atoms with Gasteiger partial charge in [0.15, 0.2) is 0 Å². The highest BCUT2D eigenvalue weighted by atomic mass is 19.4. The van der Waals surface area contributed by atoms with Crippen molar-refractivity contribution in [3.63, 3.8) is 0 Å². The van der Waals surface area contributed by atoms with Crippen LogP contribution in [-0.2, 0) is 24.1 Å². The molecule has 10 heteroatoms. The molecule has 1 aliphatic carbocycles. The van der Waals surface area contributed by atoms with E-state index in [0.717, 1.165) is 36.1 Å². The van der Waals surface area contributed by atoms with Gasteiger partial charge >= 0.3 is 12.2 Å². The number of halogens is 3. The van der Waals surface area contributed by atoms with Crippen LogP contribution in [0.1, 0.15) is 48.3 Å². The third-order valence-corrected chi connectivity index (χ3v) is 6.87. The molecule has 2 unspecified atom stereocenters. The van der Waals surface area contributed by atoms with Crippen molar-refractivity contribution in [2.24, 2.45) is 5.92 Å². The fraction of sp³-hybridized carbons (Fsp3) is 0.385. The highest BCUT2D eigenvalue weighted by Crippen LogP contribution is 2.36. The molecular formula is C26H25F3N4O3. The van der Waals surface area contributed by atoms with Gasteiger partial charge in [0.25, 0.3) is 0 Å². The van der Waals surface area contributed by atoms with E-state index >= 15 is 0 Å². The van der Waals surface area contributed by atoms with E-state index in [1.165, 1.54) is 17.0 Å². The van der Waals surface area contributed by atoms with E-state index in [9.17, 15) is 22.8 Å². The van der Waals surface area contributed by atoms with Gasteiger partial charge < -0.3 is 9.42 Å². The van der Waals surface area contributed by atoms with Gasteiger partial charge in [0.1, 0.15) is 6.54 Å². The lowest BCUT2D eigenvalue weighted by atomic mass is 9.81. The molecule has 1 saturated carbocycles. The number of rotatable bonds is 5. The third-order valence-electron chi connectivity index (χ3n) is 6.87. The summed E-state index contributed by atoms with van der Waals surface area (Å²) in [5, 5.41) is 3.84. The maximum Gasteiger partial charge on any atom is 0.416 e. The van der Waals surface area contributed by atoms with E-state index in [2.05, 4.69) is 10.1 Å². The SMILES string of the molecule is Cc1ccc(CN2C(=O)C3CCCCC3N(Cc3nc(-c4cccc(C(F)(F)F)c4)no3)C2=O)cc1. The van der Waals surface area contributed by atoms with Crippen molar-refractivity contribution < 1.29 is 27.3 Å². The van der Waals surface area contributed by atoms with Crippen LogP contribution in [0.25, 0.3) is 11.4 Å². The Morgan fingerprint density at radius 2 is 1.78 bits per heavy atom. The van der Waals surface area contributed by atoms with Gasteiger partial charge in [-0.15, -0.1) is 0 Å². The van der Waals surface area contributed by atoms with Crippen molar-refractivity contribution in [3.8, 4) is 11.4 Å². The molecule has 2 aliphatic rings. The minimum absolute atomic E-state index is 0.00772. The molecule has 3 aromatic rings. The molecule has 7 nitrogen and oxygen atoms in total. The first kappa shape index (κ1) is 24.0. The largest absolute Gasteiger partial charge is 0.416 e. The second kappa shape index (κ2) is 9.40. The molecule has 0 spiro atoms. The Balaban J connectivity index is 1.40. The van der Waals surface area contributed by atoms with Crippen LogP contribution in [0.2, 0.25) is 0 Å². The van der Waals surface area contributed by atoms with Gasteiger partial charge in [-0.3, -0.25) is 9.69 Å². The van der Waals surface area contributed by atoms with Gasteiger partial charge in [-0.2, -0.15) is 18.2 Å². The van der Waals surface area contributed by atoms with Crippen LogP contribution in [-0.4, -0.2) is 37.9 Å². The summed E-state index contributed by atoms with van der Waals surface area (Å²) in [6.07, 6.45) is -1.30. The first-order chi connectivity index (χ1) is 17.2. The molecule has 2 aromatic carbocycles.